The molecule has 21 atom stereocenters. The van der Waals surface area contributed by atoms with Crippen LogP contribution in [0.15, 0.2) is 12.2 Å². The molecule has 0 radical (unpaired) electrons. The van der Waals surface area contributed by atoms with Crippen LogP contribution in [-0.4, -0.2) is 140 Å². The molecule has 5 aliphatic carbocycles. The molecule has 3 aliphatic heterocycles. The standard InChI is InChI=1S/C42H68O13/c1-21-28(46)33(55-34-31(49)30(48)29(47)22(18-43)53-34)32(50)35(52-21)54-27-10-11-37(4)23(38(27,5)19-44)8-12-39(6)24(37)9-13-42-25-16-36(2,3)14-15-41(25,20-51-42)26(45)17-40(39,42)7/h9,13,21-35,43-50H,8,10-12,14-20H2,1-7H3/t21-,22-,23-,24-,25-,26-,27?,28-,29-,30+,31-,32-,33+,34+,35+,37+,38+,39-,40+,41-,42+/m1/s1. The number of aliphatic hydroxyl groups is 8. The third-order valence-corrected chi connectivity index (χ3v) is 17.9. The molecule has 0 amide bonds. The normalized spacial score (nSPS) is 59.7. The number of hydrogen-bond donors (Lipinski definition) is 8. The first-order chi connectivity index (χ1) is 25.7. The second-order valence-electron chi connectivity index (χ2n) is 21.0. The number of rotatable bonds is 6. The summed E-state index contributed by atoms with van der Waals surface area (Å²) in [5.41, 5.74) is -1.90. The first kappa shape index (κ1) is 41.0. The van der Waals surface area contributed by atoms with Gasteiger partial charge < -0.3 is 64.5 Å². The summed E-state index contributed by atoms with van der Waals surface area (Å²) in [7, 11) is 0. The molecule has 314 valence electrons. The first-order valence-corrected chi connectivity index (χ1v) is 20.9. The molecule has 1 unspecified atom stereocenters. The molecule has 0 aromatic heterocycles. The molecule has 7 fully saturated rings. The number of aliphatic hydroxyl groups excluding tert-OH is 8. The van der Waals surface area contributed by atoms with Gasteiger partial charge in [0, 0.05) is 22.2 Å². The van der Waals surface area contributed by atoms with Crippen molar-refractivity contribution < 1.29 is 64.5 Å². The summed E-state index contributed by atoms with van der Waals surface area (Å²) in [6.45, 7) is 15.4. The Bertz CT molecular complexity index is 1490. The van der Waals surface area contributed by atoms with Crippen LogP contribution in [0, 0.1) is 50.2 Å². The lowest BCUT2D eigenvalue weighted by molar-refractivity contribution is -0.367. The second-order valence-corrected chi connectivity index (χ2v) is 21.0. The zero-order valence-corrected chi connectivity index (χ0v) is 33.7. The lowest BCUT2D eigenvalue weighted by atomic mass is 9.32. The van der Waals surface area contributed by atoms with Gasteiger partial charge in [-0.15, -0.1) is 0 Å². The second kappa shape index (κ2) is 13.4. The Kier molecular flexibility index (Phi) is 9.95. The van der Waals surface area contributed by atoms with Gasteiger partial charge in [0.1, 0.15) is 42.7 Å². The minimum Gasteiger partial charge on any atom is -0.396 e. The predicted octanol–water partition coefficient (Wildman–Crippen LogP) is 1.78. The van der Waals surface area contributed by atoms with Crippen molar-refractivity contribution in [2.75, 3.05) is 19.8 Å². The summed E-state index contributed by atoms with van der Waals surface area (Å²) in [5, 5.41) is 87.0. The fourth-order valence-electron chi connectivity index (χ4n) is 14.3. The predicted molar refractivity (Wildman–Crippen MR) is 197 cm³/mol. The monoisotopic (exact) mass is 780 g/mol. The molecular weight excluding hydrogens is 712 g/mol. The topological polar surface area (TPSA) is 208 Å². The highest BCUT2D eigenvalue weighted by Gasteiger charge is 2.79. The van der Waals surface area contributed by atoms with Crippen LogP contribution < -0.4 is 0 Å². The molecule has 4 saturated carbocycles. The quantitative estimate of drug-likeness (QED) is 0.143. The van der Waals surface area contributed by atoms with Crippen molar-refractivity contribution >= 4 is 0 Å². The van der Waals surface area contributed by atoms with Crippen LogP contribution in [0.5, 0.6) is 0 Å². The summed E-state index contributed by atoms with van der Waals surface area (Å²) in [5.74, 6) is 0.449. The Balaban J connectivity index is 1.05. The van der Waals surface area contributed by atoms with Crippen molar-refractivity contribution in [1.29, 1.82) is 0 Å². The fraction of sp³-hybridized carbons (Fsp3) is 0.952. The van der Waals surface area contributed by atoms with Gasteiger partial charge in [0.2, 0.25) is 0 Å². The molecule has 8 N–H and O–H groups in total. The van der Waals surface area contributed by atoms with Crippen molar-refractivity contribution in [3.8, 4) is 0 Å². The van der Waals surface area contributed by atoms with Gasteiger partial charge in [0.15, 0.2) is 12.6 Å². The molecular formula is C42H68O13. The minimum atomic E-state index is -1.72. The summed E-state index contributed by atoms with van der Waals surface area (Å²) in [6.07, 6.45) is -3.39. The van der Waals surface area contributed by atoms with Crippen molar-refractivity contribution in [3.63, 3.8) is 0 Å². The van der Waals surface area contributed by atoms with Gasteiger partial charge in [-0.05, 0) is 86.4 Å². The fourth-order valence-corrected chi connectivity index (χ4v) is 14.3. The van der Waals surface area contributed by atoms with Crippen LogP contribution in [0.3, 0.4) is 0 Å². The van der Waals surface area contributed by atoms with Gasteiger partial charge in [-0.2, -0.15) is 0 Å². The maximum atomic E-state index is 12.1. The lowest BCUT2D eigenvalue weighted by Crippen LogP contribution is -2.72. The van der Waals surface area contributed by atoms with Crippen LogP contribution in [0.4, 0.5) is 0 Å². The maximum absolute atomic E-state index is 12.1. The smallest absolute Gasteiger partial charge is 0.187 e. The summed E-state index contributed by atoms with van der Waals surface area (Å²) >= 11 is 0. The van der Waals surface area contributed by atoms with Gasteiger partial charge in [-0.25, -0.2) is 0 Å². The largest absolute Gasteiger partial charge is 0.396 e. The third-order valence-electron chi connectivity index (χ3n) is 17.9. The SMILES string of the molecule is C[C@H]1O[C@@H](OC2CC[C@@]3(C)[C@@H](CC[C@]4(C)[C@@H]3C=C[C@]35OC[C@@]6(CCC(C)(C)C[C@H]63)[C@H](O)C[C@]54C)[C@]2(C)CO)[C@H](O)[C@@H](O[C@@H]2O[C@H](CO)[C@@H](O)[C@H](O)[C@H]2O)[C@@H]1O. The van der Waals surface area contributed by atoms with E-state index in [0.29, 0.717) is 19.4 Å². The number of fused-ring (bicyclic) bond motifs is 4. The molecule has 3 heterocycles. The highest BCUT2D eigenvalue weighted by atomic mass is 16.7. The molecule has 0 aromatic rings. The molecule has 13 heteroatoms. The van der Waals surface area contributed by atoms with Crippen LogP contribution in [0.1, 0.15) is 99.8 Å². The maximum Gasteiger partial charge on any atom is 0.187 e. The van der Waals surface area contributed by atoms with E-state index in [9.17, 15) is 40.9 Å². The molecule has 55 heavy (non-hydrogen) atoms. The molecule has 1 spiro atoms. The molecule has 8 rings (SSSR count). The highest BCUT2D eigenvalue weighted by Crippen LogP contribution is 2.79. The van der Waals surface area contributed by atoms with Gasteiger partial charge >= 0.3 is 0 Å². The highest BCUT2D eigenvalue weighted by molar-refractivity contribution is 5.36. The Morgan fingerprint density at radius 2 is 1.44 bits per heavy atom. The Morgan fingerprint density at radius 3 is 2.13 bits per heavy atom. The Labute approximate surface area is 325 Å². The van der Waals surface area contributed by atoms with E-state index in [1.807, 2.05) is 0 Å². The van der Waals surface area contributed by atoms with Crippen molar-refractivity contribution in [3.05, 3.63) is 12.2 Å². The lowest BCUT2D eigenvalue weighted by Gasteiger charge is -2.73. The van der Waals surface area contributed by atoms with Gasteiger partial charge in [0.25, 0.3) is 0 Å². The van der Waals surface area contributed by atoms with E-state index >= 15 is 0 Å². The van der Waals surface area contributed by atoms with E-state index in [2.05, 4.69) is 53.7 Å². The van der Waals surface area contributed by atoms with E-state index in [-0.39, 0.29) is 51.4 Å². The number of allylic oxidation sites excluding steroid dienone is 1. The number of ether oxygens (including phenoxy) is 5. The molecule has 8 aliphatic rings. The van der Waals surface area contributed by atoms with Crippen molar-refractivity contribution in [2.45, 2.75) is 179 Å². The molecule has 2 bridgehead atoms. The zero-order valence-electron chi connectivity index (χ0n) is 33.7. The van der Waals surface area contributed by atoms with E-state index in [0.717, 1.165) is 38.5 Å². The first-order valence-electron chi connectivity index (χ1n) is 20.9. The van der Waals surface area contributed by atoms with E-state index < -0.39 is 91.2 Å². The molecule has 0 aromatic carbocycles. The van der Waals surface area contributed by atoms with Gasteiger partial charge in [-0.3, -0.25) is 0 Å². The third kappa shape index (κ3) is 5.44. The van der Waals surface area contributed by atoms with Crippen LogP contribution >= 0.6 is 0 Å². The van der Waals surface area contributed by atoms with Crippen LogP contribution in [-0.2, 0) is 23.7 Å². The van der Waals surface area contributed by atoms with Crippen LogP contribution in [0.2, 0.25) is 0 Å². The number of hydrogen-bond acceptors (Lipinski definition) is 13. The zero-order chi connectivity index (χ0) is 39.9. The van der Waals surface area contributed by atoms with E-state index in [1.54, 1.807) is 6.92 Å². The van der Waals surface area contributed by atoms with E-state index in [1.165, 1.54) is 0 Å². The van der Waals surface area contributed by atoms with Crippen molar-refractivity contribution in [1.82, 2.24) is 0 Å². The minimum absolute atomic E-state index is 0.0414. The Morgan fingerprint density at radius 1 is 0.727 bits per heavy atom. The molecule has 13 nitrogen and oxygen atoms in total. The summed E-state index contributed by atoms with van der Waals surface area (Å²) in [4.78, 5) is 0. The average molecular weight is 781 g/mol. The van der Waals surface area contributed by atoms with Crippen molar-refractivity contribution in [2.24, 2.45) is 50.2 Å². The summed E-state index contributed by atoms with van der Waals surface area (Å²) in [6, 6.07) is 0. The van der Waals surface area contributed by atoms with Gasteiger partial charge in [0.05, 0.1) is 43.7 Å². The summed E-state index contributed by atoms with van der Waals surface area (Å²) < 4.78 is 31.2. The van der Waals surface area contributed by atoms with Gasteiger partial charge in [-0.1, -0.05) is 53.7 Å². The Hall–Kier alpha value is -0.780. The van der Waals surface area contributed by atoms with E-state index in [4.69, 9.17) is 23.7 Å². The van der Waals surface area contributed by atoms with Crippen LogP contribution in [0.25, 0.3) is 0 Å². The average Bonchev–Trinajstić information content (AvgIpc) is 3.41. The molecule has 3 saturated heterocycles.